The third kappa shape index (κ3) is 5.87. The molecule has 6 heteroatoms. The minimum atomic E-state index is 0. The first kappa shape index (κ1) is 30.3. The van der Waals surface area contributed by atoms with Crippen molar-refractivity contribution in [2.24, 2.45) is 0 Å². The van der Waals surface area contributed by atoms with E-state index in [9.17, 15) is 0 Å². The van der Waals surface area contributed by atoms with E-state index >= 15 is 0 Å². The van der Waals surface area contributed by atoms with Crippen LogP contribution in [0.25, 0.3) is 22.5 Å². The fourth-order valence-electron chi connectivity index (χ4n) is 5.31. The van der Waals surface area contributed by atoms with Gasteiger partial charge in [0.05, 0.1) is 22.9 Å². The van der Waals surface area contributed by atoms with E-state index in [1.165, 1.54) is 11.1 Å². The van der Waals surface area contributed by atoms with Crippen molar-refractivity contribution in [2.75, 3.05) is 4.90 Å². The molecule has 0 unspecified atom stereocenters. The number of aromatic nitrogens is 2. The topological polar surface area (TPSA) is 47.5 Å². The molecule has 0 spiro atoms. The average molecular weight is 766 g/mol. The molecule has 1 radical (unpaired) electrons. The Kier molecular flexibility index (Phi) is 8.28. The molecule has 225 valence electrons. The Bertz CT molecular complexity index is 1940. The first-order chi connectivity index (χ1) is 21.4. The molecule has 0 saturated carbocycles. The molecule has 8 rings (SSSR count). The molecule has 6 aromatic rings. The summed E-state index contributed by atoms with van der Waals surface area (Å²) < 4.78 is 12.5. The SMILES string of the molecule is Cc1c[c-]c(-c2ccc(C(C)(C)C)cn2)cc1.[Ir].[c-]1cc2c3c(c1-c1ccccn1)Oc1ccccc1N3c1ccccc1O2. The molecule has 0 N–H and O–H groups in total. The fraction of sp³-hybridized carbons (Fsp3) is 0.128. The number of hydrogen-bond acceptors (Lipinski definition) is 5. The molecular formula is C39H31IrN3O2-2. The summed E-state index contributed by atoms with van der Waals surface area (Å²) in [5.74, 6) is 3.04. The van der Waals surface area contributed by atoms with Crippen LogP contribution >= 0.6 is 0 Å². The van der Waals surface area contributed by atoms with E-state index in [1.807, 2.05) is 72.9 Å². The van der Waals surface area contributed by atoms with Crippen LogP contribution in [0, 0.1) is 19.1 Å². The van der Waals surface area contributed by atoms with Crippen LogP contribution in [-0.4, -0.2) is 9.97 Å². The van der Waals surface area contributed by atoms with Gasteiger partial charge in [0.2, 0.25) is 0 Å². The number of ether oxygens (including phenoxy) is 2. The van der Waals surface area contributed by atoms with Crippen molar-refractivity contribution < 1.29 is 29.6 Å². The summed E-state index contributed by atoms with van der Waals surface area (Å²) in [4.78, 5) is 11.2. The molecule has 0 atom stereocenters. The van der Waals surface area contributed by atoms with Crippen molar-refractivity contribution in [1.29, 1.82) is 0 Å². The number of para-hydroxylation sites is 4. The van der Waals surface area contributed by atoms with Crippen LogP contribution in [0.3, 0.4) is 0 Å². The second kappa shape index (κ2) is 12.3. The monoisotopic (exact) mass is 766 g/mol. The first-order valence-electron chi connectivity index (χ1n) is 14.7. The number of rotatable bonds is 2. The van der Waals surface area contributed by atoms with E-state index < -0.39 is 0 Å². The molecule has 4 aromatic carbocycles. The fourth-order valence-corrected chi connectivity index (χ4v) is 5.31. The molecule has 4 heterocycles. The van der Waals surface area contributed by atoms with E-state index in [1.54, 1.807) is 6.20 Å². The van der Waals surface area contributed by atoms with Gasteiger partial charge < -0.3 is 24.3 Å². The van der Waals surface area contributed by atoms with Crippen molar-refractivity contribution in [3.05, 3.63) is 139 Å². The van der Waals surface area contributed by atoms with Gasteiger partial charge in [0, 0.05) is 38.2 Å². The maximum absolute atomic E-state index is 6.33. The Morgan fingerprint density at radius 3 is 2.00 bits per heavy atom. The van der Waals surface area contributed by atoms with Gasteiger partial charge in [-0.2, -0.15) is 0 Å². The molecule has 0 fully saturated rings. The summed E-state index contributed by atoms with van der Waals surface area (Å²) in [6.07, 6.45) is 3.73. The standard InChI is InChI=1S/C23H13N2O2.C16H18N.Ir/c1-3-10-19-17(8-1)25-18-9-2-4-11-20(18)27-23-15(16-7-5-6-14-24-16)12-13-21(26-19)22(23)25;1-12-5-7-13(8-6-12)15-10-9-14(11-17-15)16(2,3)4;/h1-11,13-14H;5-7,9-11H,1-4H3;/q2*-1;. The second-order valence-electron chi connectivity index (χ2n) is 11.9. The molecular weight excluding hydrogens is 735 g/mol. The van der Waals surface area contributed by atoms with Gasteiger partial charge in [-0.3, -0.25) is 0 Å². The second-order valence-corrected chi connectivity index (χ2v) is 11.9. The summed E-state index contributed by atoms with van der Waals surface area (Å²) in [6.45, 7) is 8.65. The van der Waals surface area contributed by atoms with Gasteiger partial charge in [0.15, 0.2) is 0 Å². The summed E-state index contributed by atoms with van der Waals surface area (Å²) >= 11 is 0. The Labute approximate surface area is 277 Å². The molecule has 0 saturated heterocycles. The Morgan fingerprint density at radius 1 is 0.667 bits per heavy atom. The van der Waals surface area contributed by atoms with Crippen molar-refractivity contribution >= 4 is 17.1 Å². The molecule has 0 aliphatic carbocycles. The van der Waals surface area contributed by atoms with Crippen molar-refractivity contribution in [1.82, 2.24) is 9.97 Å². The van der Waals surface area contributed by atoms with Crippen molar-refractivity contribution in [3.8, 4) is 45.5 Å². The maximum atomic E-state index is 6.33. The predicted octanol–water partition coefficient (Wildman–Crippen LogP) is 10.4. The molecule has 5 nitrogen and oxygen atoms in total. The van der Waals surface area contributed by atoms with E-state index in [2.05, 4.69) is 91.1 Å². The zero-order valence-electron chi connectivity index (χ0n) is 25.5. The zero-order chi connectivity index (χ0) is 30.3. The number of fused-ring (bicyclic) bond motifs is 4. The van der Waals surface area contributed by atoms with Gasteiger partial charge in [-0.05, 0) is 52.7 Å². The van der Waals surface area contributed by atoms with Gasteiger partial charge >= 0.3 is 0 Å². The maximum Gasteiger partial charge on any atom is 0.138 e. The van der Waals surface area contributed by atoms with Crippen LogP contribution in [0.15, 0.2) is 116 Å². The zero-order valence-corrected chi connectivity index (χ0v) is 27.9. The molecule has 0 bridgehead atoms. The molecule has 45 heavy (non-hydrogen) atoms. The van der Waals surface area contributed by atoms with Crippen molar-refractivity contribution in [2.45, 2.75) is 33.1 Å². The van der Waals surface area contributed by atoms with Gasteiger partial charge in [-0.25, -0.2) is 0 Å². The molecule has 2 aromatic heterocycles. The normalized spacial score (nSPS) is 12.1. The number of hydrogen-bond donors (Lipinski definition) is 0. The number of nitrogens with zero attached hydrogens (tertiary/aromatic N) is 3. The number of pyridine rings is 2. The van der Waals surface area contributed by atoms with Crippen LogP contribution in [0.5, 0.6) is 23.0 Å². The Hall–Kier alpha value is -4.77. The summed E-state index contributed by atoms with van der Waals surface area (Å²) in [7, 11) is 0. The van der Waals surface area contributed by atoms with Crippen LogP contribution in [0.1, 0.15) is 31.9 Å². The van der Waals surface area contributed by atoms with E-state index in [4.69, 9.17) is 9.47 Å². The van der Waals surface area contributed by atoms with Crippen LogP contribution in [-0.2, 0) is 25.5 Å². The molecule has 2 aliphatic heterocycles. The summed E-state index contributed by atoms with van der Waals surface area (Å²) in [6, 6.07) is 40.7. The van der Waals surface area contributed by atoms with Crippen LogP contribution in [0.2, 0.25) is 0 Å². The Morgan fingerprint density at radius 2 is 1.38 bits per heavy atom. The van der Waals surface area contributed by atoms with Gasteiger partial charge in [-0.1, -0.05) is 81.8 Å². The van der Waals surface area contributed by atoms with Crippen LogP contribution < -0.4 is 14.4 Å². The minimum absolute atomic E-state index is 0. The third-order valence-electron chi connectivity index (χ3n) is 7.69. The Balaban J connectivity index is 0.000000173. The number of aryl methyl sites for hydroxylation is 1. The van der Waals surface area contributed by atoms with Gasteiger partial charge in [0.25, 0.3) is 0 Å². The molecule has 0 amide bonds. The number of anilines is 3. The van der Waals surface area contributed by atoms with E-state index in [0.717, 1.165) is 56.8 Å². The van der Waals surface area contributed by atoms with Crippen LogP contribution in [0.4, 0.5) is 17.1 Å². The number of benzene rings is 4. The smallest absolute Gasteiger partial charge is 0.138 e. The summed E-state index contributed by atoms with van der Waals surface area (Å²) in [5.41, 5.74) is 9.16. The van der Waals surface area contributed by atoms with Gasteiger partial charge in [0.1, 0.15) is 11.5 Å². The minimum Gasteiger partial charge on any atom is -0.497 e. The average Bonchev–Trinajstić information content (AvgIpc) is 3.05. The predicted molar refractivity (Wildman–Crippen MR) is 175 cm³/mol. The largest absolute Gasteiger partial charge is 0.497 e. The van der Waals surface area contributed by atoms with E-state index in [-0.39, 0.29) is 25.5 Å². The third-order valence-corrected chi connectivity index (χ3v) is 7.69. The van der Waals surface area contributed by atoms with Gasteiger partial charge in [-0.15, -0.1) is 47.5 Å². The van der Waals surface area contributed by atoms with Crippen molar-refractivity contribution in [3.63, 3.8) is 0 Å². The van der Waals surface area contributed by atoms with E-state index in [0.29, 0.717) is 5.75 Å². The summed E-state index contributed by atoms with van der Waals surface area (Å²) in [5, 5.41) is 0. The first-order valence-corrected chi connectivity index (χ1v) is 14.7. The molecule has 2 aliphatic rings. The quantitative estimate of drug-likeness (QED) is 0.164.